The van der Waals surface area contributed by atoms with Gasteiger partial charge in [-0.1, -0.05) is 74.1 Å². The number of aliphatic hydroxyl groups is 5. The molecule has 0 unspecified atom stereocenters. The van der Waals surface area contributed by atoms with Crippen molar-refractivity contribution < 1.29 is 30.3 Å². The Bertz CT molecular complexity index is 984. The maximum atomic E-state index is 13.4. The van der Waals surface area contributed by atoms with Crippen molar-refractivity contribution in [3.63, 3.8) is 0 Å². The highest BCUT2D eigenvalue weighted by atomic mass is 16.4. The van der Waals surface area contributed by atoms with E-state index in [1.165, 1.54) is 6.08 Å². The number of amides is 1. The maximum Gasteiger partial charge on any atom is 0.230 e. The molecule has 0 spiro atoms. The molecule has 0 bridgehead atoms. The lowest BCUT2D eigenvalue weighted by Gasteiger charge is -2.45. The first-order chi connectivity index (χ1) is 17.0. The Morgan fingerprint density at radius 1 is 0.889 bits per heavy atom. The number of carbonyl (C=O) groups excluding carboxylic acids is 1. The van der Waals surface area contributed by atoms with Crippen LogP contribution < -0.4 is 0 Å². The van der Waals surface area contributed by atoms with E-state index in [2.05, 4.69) is 13.0 Å². The van der Waals surface area contributed by atoms with E-state index in [4.69, 9.17) is 0 Å². The quantitative estimate of drug-likeness (QED) is 0.325. The SMILES string of the molecule is CC1=C[C@@]2(C)[C@@H]3[C@H]4[C@H](O)C[C@H](C)N4C(=O)[C@H]3C=C[C@H]2/C=C/[C@H](C)[C@@H](O)[C@H](O)[C@@H](O)C[C@@H](O)/C=C\C=C1. The van der Waals surface area contributed by atoms with Crippen molar-refractivity contribution in [3.05, 3.63) is 60.3 Å². The van der Waals surface area contributed by atoms with E-state index in [1.54, 1.807) is 13.0 Å². The molecular weight excluding hydrogens is 458 g/mol. The van der Waals surface area contributed by atoms with Crippen LogP contribution in [0.2, 0.25) is 0 Å². The van der Waals surface area contributed by atoms with Crippen molar-refractivity contribution in [2.24, 2.45) is 29.1 Å². The largest absolute Gasteiger partial charge is 0.391 e. The van der Waals surface area contributed by atoms with Crippen LogP contribution in [0.4, 0.5) is 0 Å². The number of hydrogen-bond acceptors (Lipinski definition) is 6. The summed E-state index contributed by atoms with van der Waals surface area (Å²) in [6.07, 6.45) is 12.0. The average Bonchev–Trinajstić information content (AvgIpc) is 3.28. The van der Waals surface area contributed by atoms with Gasteiger partial charge in [0.25, 0.3) is 0 Å². The Balaban J connectivity index is 1.79. The molecule has 4 aliphatic rings. The number of fused-ring (bicyclic) bond motifs is 5. The third-order valence-electron chi connectivity index (χ3n) is 8.76. The van der Waals surface area contributed by atoms with Gasteiger partial charge in [0.1, 0.15) is 6.10 Å². The fraction of sp³-hybridized carbons (Fsp3) is 0.621. The number of aliphatic hydroxyl groups excluding tert-OH is 5. The number of rotatable bonds is 0. The molecule has 198 valence electrons. The minimum Gasteiger partial charge on any atom is -0.391 e. The molecular formula is C29H41NO6. The van der Waals surface area contributed by atoms with Gasteiger partial charge < -0.3 is 30.4 Å². The first-order valence-corrected chi connectivity index (χ1v) is 13.1. The second-order valence-electron chi connectivity index (χ2n) is 11.4. The highest BCUT2D eigenvalue weighted by Crippen LogP contribution is 2.56. The predicted octanol–water partition coefficient (Wildman–Crippen LogP) is 1.87. The third kappa shape index (κ3) is 4.79. The number of allylic oxidation sites excluding steroid dienone is 7. The van der Waals surface area contributed by atoms with E-state index in [-0.39, 0.29) is 42.2 Å². The highest BCUT2D eigenvalue weighted by Gasteiger charge is 2.62. The third-order valence-corrected chi connectivity index (χ3v) is 8.76. The topological polar surface area (TPSA) is 121 Å². The maximum absolute atomic E-state index is 13.4. The fourth-order valence-electron chi connectivity index (χ4n) is 6.84. The number of nitrogens with zero attached hydrogens (tertiary/aromatic N) is 1. The van der Waals surface area contributed by atoms with Crippen LogP contribution in [0.3, 0.4) is 0 Å². The summed E-state index contributed by atoms with van der Waals surface area (Å²) in [6, 6.07) is -0.276. The zero-order chi connectivity index (χ0) is 26.4. The summed E-state index contributed by atoms with van der Waals surface area (Å²) in [5.74, 6) is -0.942. The number of hydrogen-bond donors (Lipinski definition) is 5. The molecule has 5 N–H and O–H groups in total. The minimum atomic E-state index is -1.41. The van der Waals surface area contributed by atoms with E-state index in [9.17, 15) is 30.3 Å². The van der Waals surface area contributed by atoms with Crippen LogP contribution in [-0.4, -0.2) is 78.9 Å². The summed E-state index contributed by atoms with van der Waals surface area (Å²) >= 11 is 0. The van der Waals surface area contributed by atoms with Crippen LogP contribution in [-0.2, 0) is 4.79 Å². The molecule has 2 aliphatic carbocycles. The smallest absolute Gasteiger partial charge is 0.230 e. The Kier molecular flexibility index (Phi) is 7.79. The summed E-state index contributed by atoms with van der Waals surface area (Å²) in [4.78, 5) is 15.3. The van der Waals surface area contributed by atoms with Gasteiger partial charge in [0, 0.05) is 35.6 Å². The molecule has 2 aliphatic heterocycles. The van der Waals surface area contributed by atoms with Gasteiger partial charge in [-0.15, -0.1) is 0 Å². The van der Waals surface area contributed by atoms with E-state index in [0.717, 1.165) is 5.57 Å². The number of carbonyl (C=O) groups is 1. The van der Waals surface area contributed by atoms with Crippen LogP contribution in [0, 0.1) is 29.1 Å². The summed E-state index contributed by atoms with van der Waals surface area (Å²) < 4.78 is 0. The molecule has 0 aromatic carbocycles. The zero-order valence-electron chi connectivity index (χ0n) is 21.6. The fourth-order valence-corrected chi connectivity index (χ4v) is 6.84. The molecule has 7 heteroatoms. The first-order valence-electron chi connectivity index (χ1n) is 13.1. The van der Waals surface area contributed by atoms with Crippen molar-refractivity contribution in [2.45, 2.75) is 83.1 Å². The van der Waals surface area contributed by atoms with Gasteiger partial charge in [-0.25, -0.2) is 0 Å². The van der Waals surface area contributed by atoms with Gasteiger partial charge in [-0.2, -0.15) is 0 Å². The average molecular weight is 500 g/mol. The molecule has 2 fully saturated rings. The van der Waals surface area contributed by atoms with Crippen molar-refractivity contribution in [1.82, 2.24) is 4.90 Å². The van der Waals surface area contributed by atoms with Crippen LogP contribution >= 0.6 is 0 Å². The molecule has 12 atom stereocenters. The van der Waals surface area contributed by atoms with Crippen LogP contribution in [0.1, 0.15) is 40.5 Å². The Labute approximate surface area is 213 Å². The lowest BCUT2D eigenvalue weighted by atomic mass is 9.58. The van der Waals surface area contributed by atoms with Crippen LogP contribution in [0.5, 0.6) is 0 Å². The molecule has 2 saturated heterocycles. The standard InChI is InChI=1S/C29H41NO6/c1-16-7-5-6-8-20(31)14-23(33)27(35)26(34)17(2)9-10-19-11-12-21-24(29(19,4)15-16)25-22(32)13-18(3)30(25)28(21)36/h5-12,15,17-27,31-35H,13-14H2,1-4H3/b7-5?,8-6-,10-9+,16-15?/t17-,18-,19+,20-,21-,22+,23-,24-,25+,26+,27+,29+/m0/s1. The first kappa shape index (κ1) is 27.0. The zero-order valence-corrected chi connectivity index (χ0v) is 21.6. The molecule has 36 heavy (non-hydrogen) atoms. The van der Waals surface area contributed by atoms with Crippen LogP contribution in [0.15, 0.2) is 60.3 Å². The van der Waals surface area contributed by atoms with E-state index < -0.39 is 41.9 Å². The Hall–Kier alpha value is -2.03. The predicted molar refractivity (Wildman–Crippen MR) is 137 cm³/mol. The molecule has 4 rings (SSSR count). The normalized spacial score (nSPS) is 49.2. The van der Waals surface area contributed by atoms with E-state index in [1.807, 2.05) is 55.2 Å². The lowest BCUT2D eigenvalue weighted by molar-refractivity contribution is -0.131. The monoisotopic (exact) mass is 499 g/mol. The molecule has 2 heterocycles. The van der Waals surface area contributed by atoms with Gasteiger partial charge in [-0.3, -0.25) is 4.79 Å². The summed E-state index contributed by atoms with van der Waals surface area (Å²) in [7, 11) is 0. The second-order valence-corrected chi connectivity index (χ2v) is 11.4. The molecule has 0 aromatic rings. The lowest BCUT2D eigenvalue weighted by Crippen LogP contribution is -2.47. The van der Waals surface area contributed by atoms with Crippen LogP contribution in [0.25, 0.3) is 0 Å². The van der Waals surface area contributed by atoms with Crippen molar-refractivity contribution in [3.8, 4) is 0 Å². The van der Waals surface area contributed by atoms with Gasteiger partial charge in [0.2, 0.25) is 5.91 Å². The Morgan fingerprint density at radius 3 is 2.31 bits per heavy atom. The van der Waals surface area contributed by atoms with Crippen molar-refractivity contribution >= 4 is 5.91 Å². The summed E-state index contributed by atoms with van der Waals surface area (Å²) in [5, 5.41) is 52.8. The van der Waals surface area contributed by atoms with Gasteiger partial charge in [0.15, 0.2) is 0 Å². The van der Waals surface area contributed by atoms with Gasteiger partial charge >= 0.3 is 0 Å². The molecule has 7 nitrogen and oxygen atoms in total. The van der Waals surface area contributed by atoms with Crippen molar-refractivity contribution in [1.29, 1.82) is 0 Å². The highest BCUT2D eigenvalue weighted by molar-refractivity contribution is 5.85. The molecule has 0 aromatic heterocycles. The molecule has 1 amide bonds. The Morgan fingerprint density at radius 2 is 1.58 bits per heavy atom. The van der Waals surface area contributed by atoms with E-state index >= 15 is 0 Å². The summed E-state index contributed by atoms with van der Waals surface area (Å²) in [5.41, 5.74) is 0.485. The van der Waals surface area contributed by atoms with E-state index in [0.29, 0.717) is 6.42 Å². The summed E-state index contributed by atoms with van der Waals surface area (Å²) in [6.45, 7) is 7.90. The minimum absolute atomic E-state index is 0.00935. The van der Waals surface area contributed by atoms with Gasteiger partial charge in [0.05, 0.1) is 36.4 Å². The second kappa shape index (κ2) is 10.4. The van der Waals surface area contributed by atoms with Crippen molar-refractivity contribution in [2.75, 3.05) is 0 Å². The molecule has 0 radical (unpaired) electrons. The van der Waals surface area contributed by atoms with Gasteiger partial charge in [-0.05, 0) is 20.3 Å². The molecule has 0 saturated carbocycles.